The standard InChI is InChI=1S/C10H20N4/c1-8(2)7-9-12-10(5-4-6-11)14(3)13-9/h8H,4-7,11H2,1-3H3. The number of hydrogen-bond donors (Lipinski definition) is 1. The molecule has 0 saturated carbocycles. The van der Waals surface area contributed by atoms with E-state index in [-0.39, 0.29) is 0 Å². The average Bonchev–Trinajstić information content (AvgIpc) is 2.41. The van der Waals surface area contributed by atoms with Gasteiger partial charge in [-0.2, -0.15) is 5.10 Å². The molecule has 0 aliphatic carbocycles. The molecular weight excluding hydrogens is 176 g/mol. The van der Waals surface area contributed by atoms with Gasteiger partial charge in [0.15, 0.2) is 5.82 Å². The first-order valence-corrected chi connectivity index (χ1v) is 5.22. The van der Waals surface area contributed by atoms with Crippen molar-refractivity contribution in [3.05, 3.63) is 11.6 Å². The van der Waals surface area contributed by atoms with Gasteiger partial charge in [-0.1, -0.05) is 13.8 Å². The highest BCUT2D eigenvalue weighted by atomic mass is 15.3. The van der Waals surface area contributed by atoms with Crippen molar-refractivity contribution >= 4 is 0 Å². The Hall–Kier alpha value is -0.900. The van der Waals surface area contributed by atoms with E-state index in [1.165, 1.54) is 0 Å². The molecule has 1 aromatic heterocycles. The van der Waals surface area contributed by atoms with Crippen LogP contribution in [0.1, 0.15) is 31.9 Å². The summed E-state index contributed by atoms with van der Waals surface area (Å²) >= 11 is 0. The van der Waals surface area contributed by atoms with Gasteiger partial charge in [0, 0.05) is 19.9 Å². The molecule has 0 atom stereocenters. The molecule has 0 aromatic carbocycles. The Morgan fingerprint density at radius 3 is 2.71 bits per heavy atom. The van der Waals surface area contributed by atoms with Gasteiger partial charge in [0.05, 0.1) is 0 Å². The van der Waals surface area contributed by atoms with Gasteiger partial charge in [0.25, 0.3) is 0 Å². The molecule has 0 amide bonds. The molecule has 0 radical (unpaired) electrons. The van der Waals surface area contributed by atoms with Crippen LogP contribution < -0.4 is 5.73 Å². The van der Waals surface area contributed by atoms with Crippen molar-refractivity contribution in [2.75, 3.05) is 6.54 Å². The van der Waals surface area contributed by atoms with Crippen LogP contribution in [-0.4, -0.2) is 21.3 Å². The number of nitrogens with zero attached hydrogens (tertiary/aromatic N) is 3. The monoisotopic (exact) mass is 196 g/mol. The first kappa shape index (κ1) is 11.2. The minimum Gasteiger partial charge on any atom is -0.330 e. The Morgan fingerprint density at radius 2 is 2.14 bits per heavy atom. The Balaban J connectivity index is 2.62. The van der Waals surface area contributed by atoms with E-state index in [4.69, 9.17) is 5.73 Å². The third-order valence-electron chi connectivity index (χ3n) is 2.09. The van der Waals surface area contributed by atoms with E-state index >= 15 is 0 Å². The average molecular weight is 196 g/mol. The molecule has 14 heavy (non-hydrogen) atoms. The summed E-state index contributed by atoms with van der Waals surface area (Å²) in [5.74, 6) is 2.61. The zero-order valence-corrected chi connectivity index (χ0v) is 9.32. The summed E-state index contributed by atoms with van der Waals surface area (Å²) in [7, 11) is 1.95. The van der Waals surface area contributed by atoms with E-state index in [2.05, 4.69) is 23.9 Å². The molecule has 0 saturated heterocycles. The highest BCUT2D eigenvalue weighted by Gasteiger charge is 2.07. The molecule has 0 fully saturated rings. The second-order valence-electron chi connectivity index (χ2n) is 4.06. The van der Waals surface area contributed by atoms with Crippen molar-refractivity contribution < 1.29 is 0 Å². The van der Waals surface area contributed by atoms with E-state index in [9.17, 15) is 0 Å². The van der Waals surface area contributed by atoms with E-state index < -0.39 is 0 Å². The van der Waals surface area contributed by atoms with Crippen LogP contribution in [0, 0.1) is 5.92 Å². The molecule has 4 heteroatoms. The number of nitrogens with two attached hydrogens (primary N) is 1. The van der Waals surface area contributed by atoms with Gasteiger partial charge >= 0.3 is 0 Å². The van der Waals surface area contributed by atoms with Gasteiger partial charge in [-0.15, -0.1) is 0 Å². The second-order valence-corrected chi connectivity index (χ2v) is 4.06. The van der Waals surface area contributed by atoms with Crippen molar-refractivity contribution in [2.24, 2.45) is 18.7 Å². The molecular formula is C10H20N4. The summed E-state index contributed by atoms with van der Waals surface area (Å²) in [4.78, 5) is 4.48. The summed E-state index contributed by atoms with van der Waals surface area (Å²) in [6.07, 6.45) is 2.86. The van der Waals surface area contributed by atoms with Crippen molar-refractivity contribution in [3.63, 3.8) is 0 Å². The van der Waals surface area contributed by atoms with Crippen LogP contribution in [0.5, 0.6) is 0 Å². The summed E-state index contributed by atoms with van der Waals surface area (Å²) in [5.41, 5.74) is 5.46. The van der Waals surface area contributed by atoms with Crippen LogP contribution in [0.3, 0.4) is 0 Å². The van der Waals surface area contributed by atoms with E-state index in [1.807, 2.05) is 11.7 Å². The van der Waals surface area contributed by atoms with Gasteiger partial charge < -0.3 is 5.73 Å². The molecule has 4 nitrogen and oxygen atoms in total. The lowest BCUT2D eigenvalue weighted by Gasteiger charge is -1.97. The SMILES string of the molecule is CC(C)Cc1nc(CCCN)n(C)n1. The summed E-state index contributed by atoms with van der Waals surface area (Å²) in [6.45, 7) is 5.07. The predicted molar refractivity (Wildman–Crippen MR) is 56.9 cm³/mol. The van der Waals surface area contributed by atoms with Crippen molar-refractivity contribution in [3.8, 4) is 0 Å². The van der Waals surface area contributed by atoms with Crippen LogP contribution in [0.15, 0.2) is 0 Å². The number of aromatic nitrogens is 3. The summed E-state index contributed by atoms with van der Waals surface area (Å²) < 4.78 is 1.87. The van der Waals surface area contributed by atoms with Gasteiger partial charge in [-0.25, -0.2) is 4.98 Å². The maximum atomic E-state index is 5.46. The smallest absolute Gasteiger partial charge is 0.151 e. The fourth-order valence-electron chi connectivity index (χ4n) is 1.40. The number of rotatable bonds is 5. The van der Waals surface area contributed by atoms with Crippen molar-refractivity contribution in [1.29, 1.82) is 0 Å². The van der Waals surface area contributed by atoms with Crippen molar-refractivity contribution in [2.45, 2.75) is 33.1 Å². The first-order valence-electron chi connectivity index (χ1n) is 5.22. The van der Waals surface area contributed by atoms with Gasteiger partial charge in [-0.3, -0.25) is 4.68 Å². The van der Waals surface area contributed by atoms with Crippen molar-refractivity contribution in [1.82, 2.24) is 14.8 Å². The van der Waals surface area contributed by atoms with Crippen LogP contribution in [-0.2, 0) is 19.9 Å². The molecule has 1 aromatic rings. The largest absolute Gasteiger partial charge is 0.330 e. The minimum absolute atomic E-state index is 0.611. The maximum Gasteiger partial charge on any atom is 0.151 e. The Morgan fingerprint density at radius 1 is 1.43 bits per heavy atom. The Labute approximate surface area is 85.5 Å². The lowest BCUT2D eigenvalue weighted by molar-refractivity contribution is 0.611. The summed E-state index contributed by atoms with van der Waals surface area (Å²) in [5, 5.41) is 4.37. The quantitative estimate of drug-likeness (QED) is 0.761. The lowest BCUT2D eigenvalue weighted by Crippen LogP contribution is -2.04. The molecule has 1 rings (SSSR count). The molecule has 0 aliphatic heterocycles. The zero-order valence-electron chi connectivity index (χ0n) is 9.32. The normalized spacial score (nSPS) is 11.2. The zero-order chi connectivity index (χ0) is 10.6. The highest BCUT2D eigenvalue weighted by Crippen LogP contribution is 2.05. The third kappa shape index (κ3) is 3.10. The molecule has 0 spiro atoms. The molecule has 1 heterocycles. The van der Waals surface area contributed by atoms with E-state index in [0.29, 0.717) is 12.5 Å². The number of hydrogen-bond acceptors (Lipinski definition) is 3. The molecule has 80 valence electrons. The number of aryl methyl sites for hydroxylation is 2. The van der Waals surface area contributed by atoms with Gasteiger partial charge in [-0.05, 0) is 18.9 Å². The van der Waals surface area contributed by atoms with E-state index in [1.54, 1.807) is 0 Å². The molecule has 0 aliphatic rings. The predicted octanol–water partition coefficient (Wildman–Crippen LogP) is 0.905. The minimum atomic E-state index is 0.611. The van der Waals surface area contributed by atoms with Crippen LogP contribution in [0.2, 0.25) is 0 Å². The van der Waals surface area contributed by atoms with Gasteiger partial charge in [0.2, 0.25) is 0 Å². The van der Waals surface area contributed by atoms with Crippen LogP contribution in [0.25, 0.3) is 0 Å². The second kappa shape index (κ2) is 5.10. The maximum absolute atomic E-state index is 5.46. The van der Waals surface area contributed by atoms with Gasteiger partial charge in [0.1, 0.15) is 5.82 Å². The highest BCUT2D eigenvalue weighted by molar-refractivity contribution is 4.93. The fourth-order valence-corrected chi connectivity index (χ4v) is 1.40. The van der Waals surface area contributed by atoms with E-state index in [0.717, 1.165) is 30.9 Å². The summed E-state index contributed by atoms with van der Waals surface area (Å²) in [6, 6.07) is 0. The third-order valence-corrected chi connectivity index (χ3v) is 2.09. The van der Waals surface area contributed by atoms with Crippen LogP contribution in [0.4, 0.5) is 0 Å². The lowest BCUT2D eigenvalue weighted by atomic mass is 10.1. The molecule has 2 N–H and O–H groups in total. The van der Waals surface area contributed by atoms with Crippen LogP contribution >= 0.6 is 0 Å². The topological polar surface area (TPSA) is 56.7 Å². The molecule has 0 unspecified atom stereocenters. The Bertz CT molecular complexity index is 278. The fraction of sp³-hybridized carbons (Fsp3) is 0.800. The Kier molecular flexibility index (Phi) is 4.07. The first-order chi connectivity index (χ1) is 6.63. The molecule has 0 bridgehead atoms.